The van der Waals surface area contributed by atoms with E-state index in [2.05, 4.69) is 36.5 Å². The summed E-state index contributed by atoms with van der Waals surface area (Å²) < 4.78 is 5.72. The number of hydrogen-bond acceptors (Lipinski definition) is 3. The van der Waals surface area contributed by atoms with Gasteiger partial charge < -0.3 is 10.1 Å². The second kappa shape index (κ2) is 8.63. The highest BCUT2D eigenvalue weighted by Crippen LogP contribution is 2.18. The Morgan fingerprint density at radius 1 is 1.13 bits per heavy atom. The van der Waals surface area contributed by atoms with Crippen LogP contribution in [0.4, 0.5) is 0 Å². The third-order valence-electron chi connectivity index (χ3n) is 3.46. The van der Waals surface area contributed by atoms with Gasteiger partial charge in [0.1, 0.15) is 5.75 Å². The molecule has 2 aromatic carbocycles. The van der Waals surface area contributed by atoms with Crippen LogP contribution in [0.1, 0.15) is 18.1 Å². The average molecular weight is 329 g/mol. The largest absolute Gasteiger partial charge is 0.481 e. The first-order valence-corrected chi connectivity index (χ1v) is 8.74. The van der Waals surface area contributed by atoms with Crippen molar-refractivity contribution in [1.82, 2.24) is 5.32 Å². The summed E-state index contributed by atoms with van der Waals surface area (Å²) in [6.45, 7) is 6.44. The lowest BCUT2D eigenvalue weighted by molar-refractivity contribution is -0.127. The van der Waals surface area contributed by atoms with Crippen molar-refractivity contribution in [1.29, 1.82) is 0 Å². The van der Waals surface area contributed by atoms with E-state index in [1.54, 1.807) is 18.7 Å². The summed E-state index contributed by atoms with van der Waals surface area (Å²) >= 11 is 1.73. The molecule has 0 saturated heterocycles. The lowest BCUT2D eigenvalue weighted by atomic mass is 10.2. The van der Waals surface area contributed by atoms with Crippen molar-refractivity contribution in [2.45, 2.75) is 31.8 Å². The Bertz CT molecular complexity index is 640. The Morgan fingerprint density at radius 3 is 2.52 bits per heavy atom. The number of aryl methyl sites for hydroxylation is 2. The number of carbonyl (C=O) groups excluding carboxylic acids is 1. The summed E-state index contributed by atoms with van der Waals surface area (Å²) in [5.74, 6) is 1.51. The monoisotopic (exact) mass is 329 g/mol. The number of thioether (sulfide) groups is 1. The van der Waals surface area contributed by atoms with Gasteiger partial charge in [-0.3, -0.25) is 4.79 Å². The van der Waals surface area contributed by atoms with Gasteiger partial charge in [0, 0.05) is 17.2 Å². The molecule has 1 N–H and O–H groups in total. The summed E-state index contributed by atoms with van der Waals surface area (Å²) in [7, 11) is 0. The van der Waals surface area contributed by atoms with E-state index in [4.69, 9.17) is 4.74 Å². The van der Waals surface area contributed by atoms with E-state index in [0.717, 1.165) is 17.1 Å². The standard InChI is InChI=1S/C19H23NO2S/c1-14-8-10-17(11-9-14)23-13-12-20-19(21)16(3)22-18-7-5-4-6-15(18)2/h4-11,16H,12-13H2,1-3H3,(H,20,21)/t16-/m0/s1. The molecule has 0 heterocycles. The van der Waals surface area contributed by atoms with Crippen molar-refractivity contribution in [3.63, 3.8) is 0 Å². The van der Waals surface area contributed by atoms with Crippen LogP contribution < -0.4 is 10.1 Å². The Morgan fingerprint density at radius 2 is 1.83 bits per heavy atom. The molecule has 0 unspecified atom stereocenters. The lowest BCUT2D eigenvalue weighted by Crippen LogP contribution is -2.37. The topological polar surface area (TPSA) is 38.3 Å². The third kappa shape index (κ3) is 5.64. The first-order valence-electron chi connectivity index (χ1n) is 7.76. The van der Waals surface area contributed by atoms with Crippen molar-refractivity contribution in [2.24, 2.45) is 0 Å². The molecule has 0 fully saturated rings. The van der Waals surface area contributed by atoms with E-state index in [1.807, 2.05) is 31.2 Å². The van der Waals surface area contributed by atoms with E-state index >= 15 is 0 Å². The van der Waals surface area contributed by atoms with E-state index in [-0.39, 0.29) is 5.91 Å². The minimum atomic E-state index is -0.500. The Labute approximate surface area is 142 Å². The number of nitrogens with one attached hydrogen (secondary N) is 1. The van der Waals surface area contributed by atoms with Crippen LogP contribution in [-0.4, -0.2) is 24.3 Å². The maximum Gasteiger partial charge on any atom is 0.260 e. The van der Waals surface area contributed by atoms with E-state index in [0.29, 0.717) is 6.54 Å². The third-order valence-corrected chi connectivity index (χ3v) is 4.47. The van der Waals surface area contributed by atoms with Crippen molar-refractivity contribution in [3.05, 3.63) is 59.7 Å². The number of amides is 1. The normalized spacial score (nSPS) is 11.8. The number of carbonyl (C=O) groups is 1. The maximum absolute atomic E-state index is 12.1. The van der Waals surface area contributed by atoms with Crippen molar-refractivity contribution >= 4 is 17.7 Å². The predicted molar refractivity (Wildman–Crippen MR) is 96.2 cm³/mol. The minimum absolute atomic E-state index is 0.0854. The van der Waals surface area contributed by atoms with Crippen LogP contribution in [0.5, 0.6) is 5.75 Å². The molecule has 4 heteroatoms. The van der Waals surface area contributed by atoms with Crippen molar-refractivity contribution < 1.29 is 9.53 Å². The lowest BCUT2D eigenvalue weighted by Gasteiger charge is -2.16. The second-order valence-corrected chi connectivity index (χ2v) is 6.65. The molecule has 0 spiro atoms. The zero-order valence-corrected chi connectivity index (χ0v) is 14.7. The summed E-state index contributed by atoms with van der Waals surface area (Å²) in [6, 6.07) is 16.1. The molecule has 0 aliphatic carbocycles. The summed E-state index contributed by atoms with van der Waals surface area (Å²) in [4.78, 5) is 13.3. The molecule has 0 radical (unpaired) electrons. The van der Waals surface area contributed by atoms with Gasteiger partial charge in [-0.15, -0.1) is 11.8 Å². The maximum atomic E-state index is 12.1. The highest BCUT2D eigenvalue weighted by atomic mass is 32.2. The fourth-order valence-corrected chi connectivity index (χ4v) is 2.82. The molecule has 0 aromatic heterocycles. The number of benzene rings is 2. The highest BCUT2D eigenvalue weighted by Gasteiger charge is 2.14. The van der Waals surface area contributed by atoms with Gasteiger partial charge in [0.2, 0.25) is 0 Å². The fourth-order valence-electron chi connectivity index (χ4n) is 2.05. The molecule has 122 valence electrons. The van der Waals surface area contributed by atoms with Gasteiger partial charge >= 0.3 is 0 Å². The van der Waals surface area contributed by atoms with Crippen LogP contribution in [-0.2, 0) is 4.79 Å². The molecule has 23 heavy (non-hydrogen) atoms. The van der Waals surface area contributed by atoms with Crippen LogP contribution >= 0.6 is 11.8 Å². The van der Waals surface area contributed by atoms with Gasteiger partial charge in [-0.25, -0.2) is 0 Å². The van der Waals surface area contributed by atoms with E-state index in [9.17, 15) is 4.79 Å². The minimum Gasteiger partial charge on any atom is -0.481 e. The predicted octanol–water partition coefficient (Wildman–Crippen LogP) is 3.98. The number of rotatable bonds is 7. The summed E-state index contributed by atoms with van der Waals surface area (Å²) in [5.41, 5.74) is 2.28. The molecular formula is C19H23NO2S. The first-order chi connectivity index (χ1) is 11.1. The molecule has 2 rings (SSSR count). The van der Waals surface area contributed by atoms with Gasteiger partial charge in [-0.2, -0.15) is 0 Å². The molecule has 0 bridgehead atoms. The van der Waals surface area contributed by atoms with Crippen LogP contribution in [0.25, 0.3) is 0 Å². The number of para-hydroxylation sites is 1. The van der Waals surface area contributed by atoms with Gasteiger partial charge in [0.05, 0.1) is 0 Å². The van der Waals surface area contributed by atoms with Crippen LogP contribution in [0.3, 0.4) is 0 Å². The van der Waals surface area contributed by atoms with Crippen molar-refractivity contribution in [3.8, 4) is 5.75 Å². The van der Waals surface area contributed by atoms with E-state index < -0.39 is 6.10 Å². The molecule has 0 saturated carbocycles. The molecule has 0 aliphatic heterocycles. The highest BCUT2D eigenvalue weighted by molar-refractivity contribution is 7.99. The van der Waals surface area contributed by atoms with Gasteiger partial charge in [-0.05, 0) is 44.5 Å². The van der Waals surface area contributed by atoms with Crippen LogP contribution in [0.2, 0.25) is 0 Å². The zero-order chi connectivity index (χ0) is 16.7. The Kier molecular flexibility index (Phi) is 6.53. The van der Waals surface area contributed by atoms with Gasteiger partial charge in [0.15, 0.2) is 6.10 Å². The van der Waals surface area contributed by atoms with Gasteiger partial charge in [0.25, 0.3) is 5.91 Å². The average Bonchev–Trinajstić information content (AvgIpc) is 2.55. The molecule has 2 aromatic rings. The first kappa shape index (κ1) is 17.4. The van der Waals surface area contributed by atoms with E-state index in [1.165, 1.54) is 10.5 Å². The quantitative estimate of drug-likeness (QED) is 0.617. The number of ether oxygens (including phenoxy) is 1. The fraction of sp³-hybridized carbons (Fsp3) is 0.316. The number of hydrogen-bond donors (Lipinski definition) is 1. The second-order valence-electron chi connectivity index (χ2n) is 5.48. The summed E-state index contributed by atoms with van der Waals surface area (Å²) in [5, 5.41) is 2.92. The zero-order valence-electron chi connectivity index (χ0n) is 13.8. The Hall–Kier alpha value is -1.94. The Balaban J connectivity index is 1.72. The van der Waals surface area contributed by atoms with Crippen molar-refractivity contribution in [2.75, 3.05) is 12.3 Å². The molecule has 1 amide bonds. The molecule has 0 aliphatic rings. The van der Waals surface area contributed by atoms with Crippen LogP contribution in [0.15, 0.2) is 53.4 Å². The molecule has 1 atom stereocenters. The molecule has 3 nitrogen and oxygen atoms in total. The smallest absolute Gasteiger partial charge is 0.260 e. The molecular weight excluding hydrogens is 306 g/mol. The van der Waals surface area contributed by atoms with Crippen LogP contribution in [0, 0.1) is 13.8 Å². The summed E-state index contributed by atoms with van der Waals surface area (Å²) in [6.07, 6.45) is -0.500. The van der Waals surface area contributed by atoms with Gasteiger partial charge in [-0.1, -0.05) is 35.9 Å². The SMILES string of the molecule is Cc1ccc(SCCNC(=O)[C@H](C)Oc2ccccc2C)cc1.